The van der Waals surface area contributed by atoms with Crippen LogP contribution in [0.5, 0.6) is 11.5 Å². The molecule has 0 amide bonds. The molecule has 1 aromatic heterocycles. The molecule has 3 aromatic rings. The summed E-state index contributed by atoms with van der Waals surface area (Å²) in [7, 11) is 0. The fraction of sp³-hybridized carbons (Fsp3) is 0.211. The average Bonchev–Trinajstić information content (AvgIpc) is 2.64. The van der Waals surface area contributed by atoms with E-state index in [9.17, 15) is 0 Å². The summed E-state index contributed by atoms with van der Waals surface area (Å²) >= 11 is 0. The maximum Gasteiger partial charge on any atom is 0.182 e. The van der Waals surface area contributed by atoms with E-state index in [1.54, 1.807) is 6.20 Å². The van der Waals surface area contributed by atoms with Gasteiger partial charge in [0.2, 0.25) is 0 Å². The van der Waals surface area contributed by atoms with Crippen LogP contribution in [0, 0.1) is 0 Å². The van der Waals surface area contributed by atoms with E-state index < -0.39 is 0 Å². The molecule has 1 heterocycles. The average molecular weight is 321 g/mol. The summed E-state index contributed by atoms with van der Waals surface area (Å²) in [5.41, 5.74) is 2.65. The summed E-state index contributed by atoms with van der Waals surface area (Å²) < 4.78 is 10.9. The zero-order valence-corrected chi connectivity index (χ0v) is 13.8. The topological polar surface area (TPSA) is 57.1 Å². The van der Waals surface area contributed by atoms with Crippen molar-refractivity contribution in [1.82, 2.24) is 15.2 Å². The van der Waals surface area contributed by atoms with Crippen molar-refractivity contribution >= 4 is 0 Å². The number of aromatic nitrogens is 3. The minimum Gasteiger partial charge on any atom is -0.494 e. The van der Waals surface area contributed by atoms with Crippen LogP contribution in [-0.4, -0.2) is 28.4 Å². The van der Waals surface area contributed by atoms with Crippen LogP contribution < -0.4 is 9.47 Å². The Balaban J connectivity index is 1.85. The Morgan fingerprint density at radius 3 is 1.83 bits per heavy atom. The quantitative estimate of drug-likeness (QED) is 0.687. The number of hydrogen-bond acceptors (Lipinski definition) is 5. The van der Waals surface area contributed by atoms with E-state index in [1.165, 1.54) is 0 Å². The van der Waals surface area contributed by atoms with Gasteiger partial charge in [0, 0.05) is 11.1 Å². The van der Waals surface area contributed by atoms with Crippen LogP contribution in [0.4, 0.5) is 0 Å². The lowest BCUT2D eigenvalue weighted by Crippen LogP contribution is -1.96. The van der Waals surface area contributed by atoms with Crippen molar-refractivity contribution in [2.75, 3.05) is 13.2 Å². The van der Waals surface area contributed by atoms with Crippen molar-refractivity contribution in [3.63, 3.8) is 0 Å². The third-order valence-electron chi connectivity index (χ3n) is 3.44. The predicted molar refractivity (Wildman–Crippen MR) is 93.0 cm³/mol. The van der Waals surface area contributed by atoms with Crippen LogP contribution in [0.3, 0.4) is 0 Å². The summed E-state index contributed by atoms with van der Waals surface area (Å²) in [6.07, 6.45) is 1.66. The first-order valence-corrected chi connectivity index (χ1v) is 7.96. The number of ether oxygens (including phenoxy) is 2. The standard InChI is InChI=1S/C19H19N3O2/c1-3-23-16-9-5-14(6-10-16)18-13-20-22-19(21-18)15-7-11-17(12-8-15)24-4-2/h5-13H,3-4H2,1-2H3. The van der Waals surface area contributed by atoms with Crippen LogP contribution >= 0.6 is 0 Å². The molecule has 0 spiro atoms. The third-order valence-corrected chi connectivity index (χ3v) is 3.44. The van der Waals surface area contributed by atoms with Gasteiger partial charge in [0.05, 0.1) is 25.1 Å². The molecule has 0 saturated heterocycles. The number of rotatable bonds is 6. The maximum absolute atomic E-state index is 5.46. The number of benzene rings is 2. The molecule has 0 saturated carbocycles. The first-order chi connectivity index (χ1) is 11.8. The summed E-state index contributed by atoms with van der Waals surface area (Å²) in [6, 6.07) is 15.5. The first kappa shape index (κ1) is 15.9. The molecule has 0 unspecified atom stereocenters. The van der Waals surface area contributed by atoms with Crippen LogP contribution in [0.25, 0.3) is 22.6 Å². The molecule has 0 aliphatic rings. The van der Waals surface area contributed by atoms with Gasteiger partial charge in [-0.25, -0.2) is 4.98 Å². The zero-order chi connectivity index (χ0) is 16.8. The van der Waals surface area contributed by atoms with Crippen LogP contribution in [0.15, 0.2) is 54.7 Å². The summed E-state index contributed by atoms with van der Waals surface area (Å²) in [5, 5.41) is 8.21. The van der Waals surface area contributed by atoms with Crippen LogP contribution in [0.2, 0.25) is 0 Å². The Kier molecular flexibility index (Phi) is 5.01. The van der Waals surface area contributed by atoms with Gasteiger partial charge in [-0.15, -0.1) is 5.10 Å². The molecule has 5 heteroatoms. The minimum absolute atomic E-state index is 0.587. The number of nitrogens with zero attached hydrogens (tertiary/aromatic N) is 3. The highest BCUT2D eigenvalue weighted by atomic mass is 16.5. The normalized spacial score (nSPS) is 10.4. The fourth-order valence-corrected chi connectivity index (χ4v) is 2.32. The van der Waals surface area contributed by atoms with Crippen molar-refractivity contribution in [3.05, 3.63) is 54.7 Å². The van der Waals surface area contributed by atoms with E-state index in [1.807, 2.05) is 62.4 Å². The predicted octanol–water partition coefficient (Wildman–Crippen LogP) is 4.00. The largest absolute Gasteiger partial charge is 0.494 e. The van der Waals surface area contributed by atoms with Gasteiger partial charge in [-0.2, -0.15) is 5.10 Å². The van der Waals surface area contributed by atoms with E-state index in [0.29, 0.717) is 19.0 Å². The molecule has 0 fully saturated rings. The van der Waals surface area contributed by atoms with Crippen molar-refractivity contribution in [1.29, 1.82) is 0 Å². The number of hydrogen-bond donors (Lipinski definition) is 0. The zero-order valence-electron chi connectivity index (χ0n) is 13.8. The van der Waals surface area contributed by atoms with Crippen molar-refractivity contribution in [2.24, 2.45) is 0 Å². The SMILES string of the molecule is CCOc1ccc(-c2cnnc(-c3ccc(OCC)cc3)n2)cc1. The summed E-state index contributed by atoms with van der Waals surface area (Å²) in [4.78, 5) is 4.61. The van der Waals surface area contributed by atoms with Crippen molar-refractivity contribution < 1.29 is 9.47 Å². The van der Waals surface area contributed by atoms with Gasteiger partial charge in [0.15, 0.2) is 5.82 Å². The molecule has 0 N–H and O–H groups in total. The van der Waals surface area contributed by atoms with Crippen LogP contribution in [-0.2, 0) is 0 Å². The smallest absolute Gasteiger partial charge is 0.182 e. The van der Waals surface area contributed by atoms with E-state index >= 15 is 0 Å². The van der Waals surface area contributed by atoms with Gasteiger partial charge in [-0.1, -0.05) is 0 Å². The van der Waals surface area contributed by atoms with Gasteiger partial charge in [-0.05, 0) is 62.4 Å². The molecule has 2 aromatic carbocycles. The highest BCUT2D eigenvalue weighted by Crippen LogP contribution is 2.23. The van der Waals surface area contributed by atoms with E-state index in [0.717, 1.165) is 28.3 Å². The molecule has 5 nitrogen and oxygen atoms in total. The van der Waals surface area contributed by atoms with Gasteiger partial charge in [0.25, 0.3) is 0 Å². The minimum atomic E-state index is 0.587. The molecule has 0 aliphatic carbocycles. The lowest BCUT2D eigenvalue weighted by atomic mass is 10.1. The second-order valence-corrected chi connectivity index (χ2v) is 5.08. The molecular formula is C19H19N3O2. The molecule has 3 rings (SSSR count). The Labute approximate surface area is 141 Å². The van der Waals surface area contributed by atoms with E-state index in [-0.39, 0.29) is 0 Å². The lowest BCUT2D eigenvalue weighted by molar-refractivity contribution is 0.340. The Morgan fingerprint density at radius 2 is 1.29 bits per heavy atom. The fourth-order valence-electron chi connectivity index (χ4n) is 2.32. The first-order valence-electron chi connectivity index (χ1n) is 7.96. The second kappa shape index (κ2) is 7.55. The van der Waals surface area contributed by atoms with Gasteiger partial charge >= 0.3 is 0 Å². The molecular weight excluding hydrogens is 302 g/mol. The lowest BCUT2D eigenvalue weighted by Gasteiger charge is -2.06. The van der Waals surface area contributed by atoms with Crippen molar-refractivity contribution in [3.8, 4) is 34.1 Å². The second-order valence-electron chi connectivity index (χ2n) is 5.08. The van der Waals surface area contributed by atoms with E-state index in [4.69, 9.17) is 9.47 Å². The van der Waals surface area contributed by atoms with E-state index in [2.05, 4.69) is 15.2 Å². The molecule has 0 aliphatic heterocycles. The molecule has 24 heavy (non-hydrogen) atoms. The third kappa shape index (κ3) is 3.68. The summed E-state index contributed by atoms with van der Waals surface area (Å²) in [5.74, 6) is 2.26. The van der Waals surface area contributed by atoms with Gasteiger partial charge in [-0.3, -0.25) is 0 Å². The van der Waals surface area contributed by atoms with Crippen molar-refractivity contribution in [2.45, 2.75) is 13.8 Å². The Bertz CT molecular complexity index is 722. The highest BCUT2D eigenvalue weighted by molar-refractivity contribution is 5.63. The molecule has 0 atom stereocenters. The molecule has 0 bridgehead atoms. The monoisotopic (exact) mass is 321 g/mol. The van der Waals surface area contributed by atoms with Gasteiger partial charge < -0.3 is 9.47 Å². The Hall–Kier alpha value is -2.95. The molecule has 0 radical (unpaired) electrons. The van der Waals surface area contributed by atoms with Crippen LogP contribution in [0.1, 0.15) is 13.8 Å². The highest BCUT2D eigenvalue weighted by Gasteiger charge is 2.06. The summed E-state index contributed by atoms with van der Waals surface area (Å²) in [6.45, 7) is 5.22. The molecule has 122 valence electrons. The maximum atomic E-state index is 5.46. The van der Waals surface area contributed by atoms with Gasteiger partial charge in [0.1, 0.15) is 11.5 Å². The Morgan fingerprint density at radius 1 is 0.750 bits per heavy atom.